The van der Waals surface area contributed by atoms with Crippen molar-refractivity contribution in [1.82, 2.24) is 0 Å². The Morgan fingerprint density at radius 3 is 2.06 bits per heavy atom. The van der Waals surface area contributed by atoms with Crippen LogP contribution in [0, 0.1) is 6.92 Å². The van der Waals surface area contributed by atoms with Gasteiger partial charge in [0.2, 0.25) is 0 Å². The van der Waals surface area contributed by atoms with Crippen molar-refractivity contribution >= 4 is 64.2 Å². The van der Waals surface area contributed by atoms with Crippen LogP contribution in [0.2, 0.25) is 0 Å². The van der Waals surface area contributed by atoms with Gasteiger partial charge in [0.1, 0.15) is 11.2 Å². The Bertz CT molecular complexity index is 1780. The first-order valence-electron chi connectivity index (χ1n) is 10.5. The van der Waals surface area contributed by atoms with Gasteiger partial charge in [-0.1, -0.05) is 66.2 Å². The Balaban J connectivity index is 1.51. The fourth-order valence-electron chi connectivity index (χ4n) is 4.75. The molecule has 7 aromatic rings. The van der Waals surface area contributed by atoms with E-state index in [4.69, 9.17) is 4.42 Å². The van der Waals surface area contributed by atoms with Gasteiger partial charge in [-0.25, -0.2) is 0 Å². The number of furan rings is 1. The van der Waals surface area contributed by atoms with Crippen LogP contribution in [0.15, 0.2) is 95.4 Å². The van der Waals surface area contributed by atoms with E-state index in [2.05, 4.69) is 97.9 Å². The summed E-state index contributed by atoms with van der Waals surface area (Å²) in [6.45, 7) is 2.12. The molecule has 2 heteroatoms. The molecule has 0 fully saturated rings. The third-order valence-corrected chi connectivity index (χ3v) is 7.58. The molecular weight excluding hydrogens is 396 g/mol. The highest BCUT2D eigenvalue weighted by molar-refractivity contribution is 7.26. The number of hydrogen-bond acceptors (Lipinski definition) is 2. The van der Waals surface area contributed by atoms with Crippen molar-refractivity contribution in [3.63, 3.8) is 0 Å². The minimum Gasteiger partial charge on any atom is -0.455 e. The Kier molecular flexibility index (Phi) is 3.42. The first-order valence-corrected chi connectivity index (χ1v) is 11.3. The fourth-order valence-corrected chi connectivity index (χ4v) is 5.98. The van der Waals surface area contributed by atoms with Crippen molar-refractivity contribution < 1.29 is 4.42 Å². The Morgan fingerprint density at radius 2 is 1.23 bits per heavy atom. The minimum atomic E-state index is 0.942. The molecule has 0 atom stereocenters. The Labute approximate surface area is 183 Å². The lowest BCUT2D eigenvalue weighted by molar-refractivity contribution is 0.673. The van der Waals surface area contributed by atoms with Gasteiger partial charge in [-0.3, -0.25) is 0 Å². The maximum atomic E-state index is 6.48. The second-order valence-corrected chi connectivity index (χ2v) is 9.31. The fraction of sp³-hybridized carbons (Fsp3) is 0.0345. The molecule has 146 valence electrons. The molecular formula is C29H18OS. The van der Waals surface area contributed by atoms with E-state index in [-0.39, 0.29) is 0 Å². The smallest absolute Gasteiger partial charge is 0.143 e. The van der Waals surface area contributed by atoms with E-state index in [9.17, 15) is 0 Å². The lowest BCUT2D eigenvalue weighted by Gasteiger charge is -2.02. The van der Waals surface area contributed by atoms with Crippen molar-refractivity contribution in [3.8, 4) is 11.1 Å². The molecule has 0 aliphatic rings. The second kappa shape index (κ2) is 6.19. The lowest BCUT2D eigenvalue weighted by Crippen LogP contribution is -1.78. The highest BCUT2D eigenvalue weighted by Gasteiger charge is 2.14. The Morgan fingerprint density at radius 1 is 0.581 bits per heavy atom. The zero-order chi connectivity index (χ0) is 20.5. The van der Waals surface area contributed by atoms with Crippen molar-refractivity contribution in [1.29, 1.82) is 0 Å². The molecule has 0 aliphatic carbocycles. The average Bonchev–Trinajstić information content (AvgIpc) is 3.37. The SMILES string of the molecule is Cc1ccc(-c2ccc3c(c2)oc2c3ccc3c2ccc2c4ccccc4sc23)cc1. The molecule has 2 aromatic heterocycles. The molecule has 0 N–H and O–H groups in total. The zero-order valence-corrected chi connectivity index (χ0v) is 17.8. The molecule has 7 rings (SSSR count). The molecule has 0 unspecified atom stereocenters. The summed E-state index contributed by atoms with van der Waals surface area (Å²) in [5.74, 6) is 0. The third kappa shape index (κ3) is 2.43. The summed E-state index contributed by atoms with van der Waals surface area (Å²) >= 11 is 1.87. The van der Waals surface area contributed by atoms with Crippen LogP contribution in [0.1, 0.15) is 5.56 Å². The van der Waals surface area contributed by atoms with E-state index in [1.165, 1.54) is 58.4 Å². The highest BCUT2D eigenvalue weighted by atomic mass is 32.1. The molecule has 0 radical (unpaired) electrons. The van der Waals surface area contributed by atoms with Gasteiger partial charge in [0.15, 0.2) is 0 Å². The van der Waals surface area contributed by atoms with E-state index in [1.807, 2.05) is 11.3 Å². The van der Waals surface area contributed by atoms with Crippen LogP contribution in [-0.4, -0.2) is 0 Å². The predicted molar refractivity (Wildman–Crippen MR) is 134 cm³/mol. The predicted octanol–water partition coefficient (Wildman–Crippen LogP) is 9.08. The van der Waals surface area contributed by atoms with E-state index >= 15 is 0 Å². The quantitative estimate of drug-likeness (QED) is 0.261. The number of rotatable bonds is 1. The second-order valence-electron chi connectivity index (χ2n) is 8.26. The molecule has 5 aromatic carbocycles. The van der Waals surface area contributed by atoms with Crippen molar-refractivity contribution in [2.45, 2.75) is 6.92 Å². The van der Waals surface area contributed by atoms with Gasteiger partial charge in [0.25, 0.3) is 0 Å². The average molecular weight is 415 g/mol. The Hall–Kier alpha value is -3.62. The molecule has 2 heterocycles. The van der Waals surface area contributed by atoms with Crippen LogP contribution < -0.4 is 0 Å². The van der Waals surface area contributed by atoms with E-state index in [1.54, 1.807) is 0 Å². The van der Waals surface area contributed by atoms with Crippen molar-refractivity contribution in [2.24, 2.45) is 0 Å². The van der Waals surface area contributed by atoms with E-state index < -0.39 is 0 Å². The van der Waals surface area contributed by atoms with Gasteiger partial charge in [-0.2, -0.15) is 0 Å². The van der Waals surface area contributed by atoms with Crippen LogP contribution >= 0.6 is 11.3 Å². The number of fused-ring (bicyclic) bond motifs is 9. The minimum absolute atomic E-state index is 0.942. The number of thiophene rings is 1. The van der Waals surface area contributed by atoms with Crippen LogP contribution in [0.3, 0.4) is 0 Å². The molecule has 0 spiro atoms. The van der Waals surface area contributed by atoms with Gasteiger partial charge in [0.05, 0.1) is 0 Å². The summed E-state index contributed by atoms with van der Waals surface area (Å²) in [4.78, 5) is 0. The largest absolute Gasteiger partial charge is 0.455 e. The molecule has 0 amide bonds. The van der Waals surface area contributed by atoms with Crippen molar-refractivity contribution in [2.75, 3.05) is 0 Å². The van der Waals surface area contributed by atoms with Crippen LogP contribution in [0.5, 0.6) is 0 Å². The summed E-state index contributed by atoms with van der Waals surface area (Å²) in [6.07, 6.45) is 0. The maximum absolute atomic E-state index is 6.48. The van der Waals surface area contributed by atoms with E-state index in [0.29, 0.717) is 0 Å². The third-order valence-electron chi connectivity index (χ3n) is 6.36. The normalized spacial score (nSPS) is 12.0. The standard InChI is InChI=1S/C29H18OS/c1-17-6-8-18(9-7-17)19-10-11-20-22-12-15-25-23(28(22)30-26(20)16-19)13-14-24-21-4-2-3-5-27(21)31-29(24)25/h2-16H,1H3. The van der Waals surface area contributed by atoms with Gasteiger partial charge in [-0.15, -0.1) is 11.3 Å². The van der Waals surface area contributed by atoms with Gasteiger partial charge in [0, 0.05) is 41.7 Å². The van der Waals surface area contributed by atoms with Gasteiger partial charge >= 0.3 is 0 Å². The maximum Gasteiger partial charge on any atom is 0.143 e. The summed E-state index contributed by atoms with van der Waals surface area (Å²) in [6, 6.07) is 32.8. The van der Waals surface area contributed by atoms with Crippen molar-refractivity contribution in [3.05, 3.63) is 96.6 Å². The summed E-state index contributed by atoms with van der Waals surface area (Å²) in [5.41, 5.74) is 5.59. The van der Waals surface area contributed by atoms with Crippen LogP contribution in [-0.2, 0) is 0 Å². The first-order chi connectivity index (χ1) is 15.3. The summed E-state index contributed by atoms with van der Waals surface area (Å²) in [5, 5.41) is 7.46. The summed E-state index contributed by atoms with van der Waals surface area (Å²) < 4.78 is 9.14. The topological polar surface area (TPSA) is 13.1 Å². The number of aryl methyl sites for hydroxylation is 1. The molecule has 1 nitrogen and oxygen atoms in total. The van der Waals surface area contributed by atoms with Gasteiger partial charge in [-0.05, 0) is 48.4 Å². The van der Waals surface area contributed by atoms with Crippen LogP contribution in [0.25, 0.3) is 64.0 Å². The highest BCUT2D eigenvalue weighted by Crippen LogP contribution is 2.42. The molecule has 0 saturated heterocycles. The number of hydrogen-bond donors (Lipinski definition) is 0. The van der Waals surface area contributed by atoms with E-state index in [0.717, 1.165) is 11.2 Å². The summed E-state index contributed by atoms with van der Waals surface area (Å²) in [7, 11) is 0. The first kappa shape index (κ1) is 17.1. The van der Waals surface area contributed by atoms with Gasteiger partial charge < -0.3 is 4.42 Å². The molecule has 0 saturated carbocycles. The molecule has 31 heavy (non-hydrogen) atoms. The number of benzene rings is 5. The molecule has 0 bridgehead atoms. The lowest BCUT2D eigenvalue weighted by atomic mass is 10.0. The monoisotopic (exact) mass is 414 g/mol. The van der Waals surface area contributed by atoms with Crippen LogP contribution in [0.4, 0.5) is 0 Å². The zero-order valence-electron chi connectivity index (χ0n) is 17.0. The molecule has 0 aliphatic heterocycles.